The Balaban J connectivity index is 0.915. The molecule has 8 atom stereocenters. The lowest BCUT2D eigenvalue weighted by Crippen LogP contribution is -2.42. The number of benzene rings is 4. The predicted molar refractivity (Wildman–Crippen MR) is 231 cm³/mol. The van der Waals surface area contributed by atoms with E-state index in [2.05, 4.69) is 60.7 Å². The topological polar surface area (TPSA) is 133 Å². The molecule has 2 heterocycles. The van der Waals surface area contributed by atoms with Gasteiger partial charge in [0.2, 0.25) is 0 Å². The highest BCUT2D eigenvalue weighted by Gasteiger charge is 2.60. The molecule has 0 unspecified atom stereocenters. The van der Waals surface area contributed by atoms with Crippen molar-refractivity contribution in [2.45, 2.75) is 111 Å². The second-order valence-corrected chi connectivity index (χ2v) is 19.1. The quantitative estimate of drug-likeness (QED) is 0.179. The predicted octanol–water partition coefficient (Wildman–Crippen LogP) is 10.7. The number of hydrogen-bond acceptors (Lipinski definition) is 10. The van der Waals surface area contributed by atoms with E-state index in [-0.39, 0.29) is 29.8 Å². The fraction of sp³-hybridized carbons (Fsp3) is 0.480. The van der Waals surface area contributed by atoms with Gasteiger partial charge >= 0.3 is 12.2 Å². The van der Waals surface area contributed by atoms with Gasteiger partial charge in [-0.1, -0.05) is 85.6 Å². The van der Waals surface area contributed by atoms with E-state index in [9.17, 15) is 9.59 Å². The Morgan fingerprint density at radius 3 is 1.63 bits per heavy atom. The molecule has 12 nitrogen and oxygen atoms in total. The third kappa shape index (κ3) is 5.12. The van der Waals surface area contributed by atoms with E-state index in [4.69, 9.17) is 40.2 Å². The van der Waals surface area contributed by atoms with Crippen LogP contribution in [0, 0.1) is 11.8 Å². The first kappa shape index (κ1) is 37.9. The molecule has 0 aromatic heterocycles. The van der Waals surface area contributed by atoms with Crippen molar-refractivity contribution >= 4 is 23.6 Å². The number of ether oxygens (including phenoxy) is 2. The van der Waals surface area contributed by atoms with Gasteiger partial charge in [-0.3, -0.25) is 0 Å². The third-order valence-corrected chi connectivity index (χ3v) is 16.7. The van der Waals surface area contributed by atoms with Crippen LogP contribution in [0.4, 0.5) is 21.0 Å². The van der Waals surface area contributed by atoms with Gasteiger partial charge in [-0.2, -0.15) is 30.7 Å². The molecule has 4 aromatic rings. The van der Waals surface area contributed by atoms with E-state index in [1.807, 2.05) is 34.1 Å². The van der Waals surface area contributed by atoms with Crippen molar-refractivity contribution in [2.75, 3.05) is 27.3 Å². The summed E-state index contributed by atoms with van der Waals surface area (Å²) in [7, 11) is 2.88. The van der Waals surface area contributed by atoms with E-state index in [1.165, 1.54) is 54.9 Å². The largest absolute Gasteiger partial charge is 0.453 e. The molecule has 2 saturated carbocycles. The summed E-state index contributed by atoms with van der Waals surface area (Å²) in [5.74, 6) is 0.823. The Bertz CT molecular complexity index is 2630. The molecule has 4 fully saturated rings. The maximum atomic E-state index is 13.5. The molecular formula is C50H52N8O4. The van der Waals surface area contributed by atoms with E-state index in [1.54, 1.807) is 0 Å². The lowest BCUT2D eigenvalue weighted by atomic mass is 9.86. The van der Waals surface area contributed by atoms with Crippen molar-refractivity contribution in [2.24, 2.45) is 42.5 Å². The number of fused-ring (bicyclic) bond motifs is 12. The van der Waals surface area contributed by atoms with Crippen LogP contribution in [0.15, 0.2) is 116 Å². The maximum absolute atomic E-state index is 13.5. The van der Waals surface area contributed by atoms with Gasteiger partial charge in [-0.15, -0.1) is 0 Å². The molecule has 0 radical (unpaired) electrons. The van der Waals surface area contributed by atoms with E-state index in [0.29, 0.717) is 50.6 Å². The van der Waals surface area contributed by atoms with Gasteiger partial charge in [0.15, 0.2) is 0 Å². The summed E-state index contributed by atoms with van der Waals surface area (Å²) >= 11 is 0. The number of carbonyl (C=O) groups is 2. The fourth-order valence-electron chi connectivity index (χ4n) is 13.9. The zero-order chi connectivity index (χ0) is 41.8. The molecular weight excluding hydrogens is 777 g/mol. The van der Waals surface area contributed by atoms with Gasteiger partial charge < -0.3 is 19.3 Å². The van der Waals surface area contributed by atoms with Crippen LogP contribution >= 0.6 is 0 Å². The lowest BCUT2D eigenvalue weighted by molar-refractivity contribution is 0.112. The Hall–Kier alpha value is -5.78. The molecule has 6 aliphatic carbocycles. The summed E-state index contributed by atoms with van der Waals surface area (Å²) in [5.41, 5.74) is 9.24. The summed E-state index contributed by atoms with van der Waals surface area (Å²) in [6, 6.07) is 29.5. The summed E-state index contributed by atoms with van der Waals surface area (Å²) in [6.07, 6.45) is 10.4. The molecule has 12 rings (SSSR count). The van der Waals surface area contributed by atoms with Gasteiger partial charge in [0.25, 0.3) is 0 Å². The van der Waals surface area contributed by atoms with Crippen molar-refractivity contribution < 1.29 is 19.1 Å². The molecule has 0 bridgehead atoms. The molecule has 4 aromatic carbocycles. The Labute approximate surface area is 361 Å². The van der Waals surface area contributed by atoms with E-state index >= 15 is 0 Å². The minimum absolute atomic E-state index is 0.184. The van der Waals surface area contributed by atoms with Crippen LogP contribution in [0.25, 0.3) is 0 Å². The van der Waals surface area contributed by atoms with Gasteiger partial charge in [0.1, 0.15) is 22.2 Å². The van der Waals surface area contributed by atoms with Gasteiger partial charge in [0, 0.05) is 13.1 Å². The second kappa shape index (κ2) is 13.9. The SMILES string of the molecule is COC(=O)N1CC[C@]2(N=Nc3cccc4c3C[C@H]3N(C(=O)OC)CC[C@@]43N=N[C@]34CCC[C@H]3Cc3c(N=N[C@]56CCC[C@H]5Cc5ccccc56)cccc34)c3ccccc3C[C@H]12. The Kier molecular flexibility index (Phi) is 8.48. The third-order valence-electron chi connectivity index (χ3n) is 16.7. The monoisotopic (exact) mass is 828 g/mol. The normalized spacial score (nSPS) is 33.2. The van der Waals surface area contributed by atoms with Crippen molar-refractivity contribution in [1.29, 1.82) is 0 Å². The van der Waals surface area contributed by atoms with Crippen LogP contribution < -0.4 is 0 Å². The van der Waals surface area contributed by atoms with Crippen molar-refractivity contribution in [3.05, 3.63) is 129 Å². The van der Waals surface area contributed by atoms with Crippen LogP contribution in [-0.4, -0.2) is 61.4 Å². The molecule has 316 valence electrons. The van der Waals surface area contributed by atoms with Crippen LogP contribution in [0.5, 0.6) is 0 Å². The Morgan fingerprint density at radius 2 is 0.984 bits per heavy atom. The zero-order valence-electron chi connectivity index (χ0n) is 35.5. The summed E-state index contributed by atoms with van der Waals surface area (Å²) in [4.78, 5) is 30.1. The summed E-state index contributed by atoms with van der Waals surface area (Å²) in [6.45, 7) is 1.07. The average molecular weight is 829 g/mol. The number of methoxy groups -OCH3 is 2. The highest BCUT2D eigenvalue weighted by atomic mass is 16.5. The highest BCUT2D eigenvalue weighted by Crippen LogP contribution is 2.60. The smallest absolute Gasteiger partial charge is 0.409 e. The molecule has 8 aliphatic rings. The van der Waals surface area contributed by atoms with Crippen LogP contribution in [0.1, 0.15) is 95.9 Å². The second-order valence-electron chi connectivity index (χ2n) is 19.1. The van der Waals surface area contributed by atoms with E-state index < -0.39 is 16.6 Å². The van der Waals surface area contributed by atoms with Crippen molar-refractivity contribution in [1.82, 2.24) is 9.80 Å². The van der Waals surface area contributed by atoms with Gasteiger partial charge in [-0.05, 0) is 133 Å². The number of nitrogens with zero attached hydrogens (tertiary/aromatic N) is 8. The first-order chi connectivity index (χ1) is 30.3. The van der Waals surface area contributed by atoms with Gasteiger partial charge in [-0.25, -0.2) is 9.59 Å². The molecule has 0 N–H and O–H groups in total. The van der Waals surface area contributed by atoms with E-state index in [0.717, 1.165) is 66.6 Å². The number of rotatable bonds is 6. The number of likely N-dealkylation sites (tertiary alicyclic amines) is 2. The molecule has 2 aliphatic heterocycles. The van der Waals surface area contributed by atoms with Crippen LogP contribution in [0.3, 0.4) is 0 Å². The first-order valence-electron chi connectivity index (χ1n) is 22.7. The number of carbonyl (C=O) groups excluding carboxylic acids is 2. The molecule has 62 heavy (non-hydrogen) atoms. The first-order valence-corrected chi connectivity index (χ1v) is 22.7. The molecule has 12 heteroatoms. The Morgan fingerprint density at radius 1 is 0.516 bits per heavy atom. The van der Waals surface area contributed by atoms with Crippen molar-refractivity contribution in [3.8, 4) is 0 Å². The standard InChI is InChI=1S/C50H52N8O4/c1-61-45(59)57-25-23-49(38-16-6-4-12-32(38)28-43(49)57)54-52-42-20-8-18-40-36(42)30-44-50(40,24-26-58(44)46(60)62-2)56-55-48-22-10-14-34(48)29-35-39(48)17-7-19-41(35)51-53-47-21-9-13-33(47)27-31-11-3-5-15-37(31)47/h3-8,11-12,15-20,33-34,43-44H,9-10,13-14,21-30H2,1-2H3/t33-,34-,43-,44+,47+,48+,49-,50+/m0/s1. The maximum Gasteiger partial charge on any atom is 0.409 e. The molecule has 2 saturated heterocycles. The zero-order valence-corrected chi connectivity index (χ0v) is 35.5. The van der Waals surface area contributed by atoms with Crippen LogP contribution in [-0.2, 0) is 57.3 Å². The van der Waals surface area contributed by atoms with Crippen LogP contribution in [0.2, 0.25) is 0 Å². The van der Waals surface area contributed by atoms with Gasteiger partial charge in [0.05, 0.1) is 37.7 Å². The minimum atomic E-state index is -0.765. The number of amides is 2. The highest BCUT2D eigenvalue weighted by molar-refractivity contribution is 5.71. The fourth-order valence-corrected chi connectivity index (χ4v) is 13.9. The lowest BCUT2D eigenvalue weighted by Gasteiger charge is -2.31. The van der Waals surface area contributed by atoms with Crippen molar-refractivity contribution in [3.63, 3.8) is 0 Å². The molecule has 2 amide bonds. The average Bonchev–Trinajstić information content (AvgIpc) is 4.17. The summed E-state index contributed by atoms with van der Waals surface area (Å²) in [5, 5.41) is 31.9. The summed E-state index contributed by atoms with van der Waals surface area (Å²) < 4.78 is 10.6. The minimum Gasteiger partial charge on any atom is -0.453 e. The number of azo groups is 3. The number of hydrogen-bond donors (Lipinski definition) is 0. The molecule has 0 spiro atoms.